The number of phosphoric acid groups is 2. The lowest BCUT2D eigenvalue weighted by Gasteiger charge is -2.21. The maximum Gasteiger partial charge on any atom is 0.472 e. The van der Waals surface area contributed by atoms with Crippen molar-refractivity contribution in [2.24, 2.45) is 0 Å². The van der Waals surface area contributed by atoms with Crippen molar-refractivity contribution in [3.05, 3.63) is 48.6 Å². The number of unbranched alkanes of at least 4 members (excludes halogenated alkanes) is 48. The van der Waals surface area contributed by atoms with Crippen LogP contribution in [-0.2, 0) is 65.4 Å². The molecule has 3 N–H and O–H groups in total. The number of hydrogen-bond acceptors (Lipinski definition) is 15. The van der Waals surface area contributed by atoms with E-state index in [0.29, 0.717) is 25.7 Å². The molecular weight excluding hydrogens is 1330 g/mol. The molecule has 5 atom stereocenters. The van der Waals surface area contributed by atoms with Crippen molar-refractivity contribution in [1.29, 1.82) is 0 Å². The Morgan fingerprint density at radius 2 is 0.471 bits per heavy atom. The molecule has 19 heteroatoms. The van der Waals surface area contributed by atoms with Gasteiger partial charge in [0.1, 0.15) is 19.3 Å². The summed E-state index contributed by atoms with van der Waals surface area (Å²) in [5.74, 6) is -2.17. The zero-order valence-electron chi connectivity index (χ0n) is 65.6. The van der Waals surface area contributed by atoms with E-state index in [1.165, 1.54) is 199 Å². The molecule has 0 aromatic rings. The molecule has 0 aliphatic carbocycles. The summed E-state index contributed by atoms with van der Waals surface area (Å²) < 4.78 is 68.7. The smallest absolute Gasteiger partial charge is 0.462 e. The summed E-state index contributed by atoms with van der Waals surface area (Å²) in [5, 5.41) is 10.6. The molecule has 0 saturated carbocycles. The van der Waals surface area contributed by atoms with Gasteiger partial charge in [-0.25, -0.2) is 9.13 Å². The van der Waals surface area contributed by atoms with Gasteiger partial charge in [-0.05, 0) is 77.0 Å². The third-order valence-electron chi connectivity index (χ3n) is 18.4. The normalized spacial score (nSPS) is 14.1. The van der Waals surface area contributed by atoms with Crippen LogP contribution in [0.1, 0.15) is 400 Å². The van der Waals surface area contributed by atoms with Crippen LogP contribution in [0.3, 0.4) is 0 Å². The van der Waals surface area contributed by atoms with Gasteiger partial charge in [-0.1, -0.05) is 346 Å². The predicted molar refractivity (Wildman–Crippen MR) is 418 cm³/mol. The number of phosphoric ester groups is 2. The van der Waals surface area contributed by atoms with Crippen LogP contribution in [0.4, 0.5) is 0 Å². The van der Waals surface area contributed by atoms with Gasteiger partial charge in [0.25, 0.3) is 0 Å². The van der Waals surface area contributed by atoms with Gasteiger partial charge in [0.15, 0.2) is 12.2 Å². The first kappa shape index (κ1) is 99.0. The first-order chi connectivity index (χ1) is 49.7. The van der Waals surface area contributed by atoms with Crippen molar-refractivity contribution in [3.63, 3.8) is 0 Å². The second kappa shape index (κ2) is 76.2. The molecule has 0 amide bonds. The van der Waals surface area contributed by atoms with Gasteiger partial charge in [0.2, 0.25) is 0 Å². The standard InChI is InChI=1S/C83H154O17P2/c1-5-9-13-17-21-25-29-32-35-36-37-38-39-40-43-46-50-54-58-62-66-70-83(88)100-79(74-94-81(86)68-64-60-56-52-48-44-41-33-30-26-22-18-14-10-6-2)76-98-102(91,92)96-72-77(84)71-95-101(89,90)97-75-78(73-93-80(85)67-63-59-55-51-47-28-24-20-16-12-8-4)99-82(87)69-65-61-57-53-49-45-42-34-31-27-23-19-15-11-7-3/h26-27,30-31,33-34,41-42,77-79,84H,5-25,28-29,32,35-40,43-76H2,1-4H3,(H,89,90)(H,91,92)/b30-26-,31-27-,41-33-,42-34-/t77-,78+,79+/m0/s1. The summed E-state index contributed by atoms with van der Waals surface area (Å²) in [4.78, 5) is 73.0. The molecule has 17 nitrogen and oxygen atoms in total. The predicted octanol–water partition coefficient (Wildman–Crippen LogP) is 24.5. The summed E-state index contributed by atoms with van der Waals surface area (Å²) in [6.07, 6.45) is 75.2. The number of ether oxygens (including phenoxy) is 4. The Morgan fingerprint density at radius 3 is 0.716 bits per heavy atom. The SMILES string of the molecule is CCCCCC/C=C\C=C/CCCCCCCC(=O)OC[C@H](COP(=O)(O)OC[C@@H](O)COP(=O)(O)OC[C@@H](COC(=O)CCCCCCCCCCCCC)OC(=O)CCCCCCC/C=C\C=C/CCCCCC)OC(=O)CCCCCCCCCCCCCCCCCCCCCCC. The zero-order chi connectivity index (χ0) is 74.6. The Bertz CT molecular complexity index is 2120. The number of aliphatic hydroxyl groups excluding tert-OH is 1. The minimum absolute atomic E-state index is 0.0835. The van der Waals surface area contributed by atoms with E-state index in [-0.39, 0.29) is 25.7 Å². The van der Waals surface area contributed by atoms with Crippen molar-refractivity contribution < 1.29 is 80.2 Å². The van der Waals surface area contributed by atoms with Crippen LogP contribution in [0, 0.1) is 0 Å². The van der Waals surface area contributed by atoms with E-state index in [2.05, 4.69) is 76.3 Å². The summed E-state index contributed by atoms with van der Waals surface area (Å²) in [6.45, 7) is 4.89. The number of carbonyl (C=O) groups excluding carboxylic acids is 4. The van der Waals surface area contributed by atoms with E-state index in [4.69, 9.17) is 37.0 Å². The quantitative estimate of drug-likeness (QED) is 0.0169. The van der Waals surface area contributed by atoms with Crippen LogP contribution in [0.15, 0.2) is 48.6 Å². The van der Waals surface area contributed by atoms with Crippen LogP contribution >= 0.6 is 15.6 Å². The van der Waals surface area contributed by atoms with E-state index in [0.717, 1.165) is 122 Å². The highest BCUT2D eigenvalue weighted by atomic mass is 31.2. The summed E-state index contributed by atoms with van der Waals surface area (Å²) in [7, 11) is -9.94. The molecule has 0 rings (SSSR count). The second-order valence-corrected chi connectivity index (χ2v) is 31.4. The Hall–Kier alpha value is -2.98. The van der Waals surface area contributed by atoms with Crippen LogP contribution in [0.25, 0.3) is 0 Å². The van der Waals surface area contributed by atoms with Crippen LogP contribution in [0.5, 0.6) is 0 Å². The molecule has 0 aliphatic rings. The van der Waals surface area contributed by atoms with E-state index in [1.54, 1.807) is 0 Å². The van der Waals surface area contributed by atoms with E-state index >= 15 is 0 Å². The highest BCUT2D eigenvalue weighted by Gasteiger charge is 2.30. The molecule has 0 bridgehead atoms. The fraction of sp³-hybridized carbons (Fsp3) is 0.855. The van der Waals surface area contributed by atoms with Gasteiger partial charge in [-0.2, -0.15) is 0 Å². The van der Waals surface area contributed by atoms with Crippen molar-refractivity contribution in [2.45, 2.75) is 418 Å². The van der Waals surface area contributed by atoms with Crippen LogP contribution in [0.2, 0.25) is 0 Å². The second-order valence-electron chi connectivity index (χ2n) is 28.5. The van der Waals surface area contributed by atoms with E-state index in [9.17, 15) is 43.2 Å². The molecule has 102 heavy (non-hydrogen) atoms. The average molecular weight is 1490 g/mol. The molecule has 0 spiro atoms. The highest BCUT2D eigenvalue weighted by molar-refractivity contribution is 7.47. The van der Waals surface area contributed by atoms with Crippen molar-refractivity contribution in [1.82, 2.24) is 0 Å². The van der Waals surface area contributed by atoms with Gasteiger partial charge >= 0.3 is 39.5 Å². The molecular formula is C83H154O17P2. The maximum absolute atomic E-state index is 13.1. The number of allylic oxidation sites excluding steroid dienone is 8. The maximum atomic E-state index is 13.1. The minimum Gasteiger partial charge on any atom is -0.462 e. The van der Waals surface area contributed by atoms with Gasteiger partial charge in [0, 0.05) is 25.7 Å². The largest absolute Gasteiger partial charge is 0.472 e. The molecule has 0 aliphatic heterocycles. The van der Waals surface area contributed by atoms with Crippen LogP contribution in [-0.4, -0.2) is 96.7 Å². The molecule has 0 heterocycles. The number of carbonyl (C=O) groups is 4. The molecule has 598 valence electrons. The summed E-state index contributed by atoms with van der Waals surface area (Å²) >= 11 is 0. The first-order valence-corrected chi connectivity index (χ1v) is 44.9. The Balaban J connectivity index is 5.29. The van der Waals surface area contributed by atoms with Gasteiger partial charge in [-0.3, -0.25) is 37.3 Å². The number of aliphatic hydroxyl groups is 1. The Kier molecular flexibility index (Phi) is 74.0. The van der Waals surface area contributed by atoms with E-state index in [1.807, 2.05) is 0 Å². The van der Waals surface area contributed by atoms with Crippen molar-refractivity contribution >= 4 is 39.5 Å². The lowest BCUT2D eigenvalue weighted by atomic mass is 10.0. The zero-order valence-corrected chi connectivity index (χ0v) is 67.3. The molecule has 0 aromatic heterocycles. The average Bonchev–Trinajstić information content (AvgIpc) is 0.957. The summed E-state index contributed by atoms with van der Waals surface area (Å²) in [5.41, 5.74) is 0. The lowest BCUT2D eigenvalue weighted by molar-refractivity contribution is -0.161. The number of hydrogen-bond donors (Lipinski definition) is 3. The third kappa shape index (κ3) is 75.3. The molecule has 0 saturated heterocycles. The van der Waals surface area contributed by atoms with Gasteiger partial charge in [-0.15, -0.1) is 0 Å². The summed E-state index contributed by atoms with van der Waals surface area (Å²) in [6, 6.07) is 0. The Morgan fingerprint density at radius 1 is 0.275 bits per heavy atom. The highest BCUT2D eigenvalue weighted by Crippen LogP contribution is 2.45. The van der Waals surface area contributed by atoms with Gasteiger partial charge in [0.05, 0.1) is 26.4 Å². The topological polar surface area (TPSA) is 237 Å². The minimum atomic E-state index is -4.97. The van der Waals surface area contributed by atoms with Gasteiger partial charge < -0.3 is 33.8 Å². The Labute approximate surface area is 623 Å². The number of esters is 4. The van der Waals surface area contributed by atoms with Crippen molar-refractivity contribution in [3.8, 4) is 0 Å². The van der Waals surface area contributed by atoms with E-state index < -0.39 is 97.5 Å². The lowest BCUT2D eigenvalue weighted by Crippen LogP contribution is -2.30. The first-order valence-electron chi connectivity index (χ1n) is 41.9. The van der Waals surface area contributed by atoms with Crippen molar-refractivity contribution in [2.75, 3.05) is 39.6 Å². The molecule has 2 unspecified atom stereocenters. The monoisotopic (exact) mass is 1490 g/mol. The van der Waals surface area contributed by atoms with Crippen LogP contribution < -0.4 is 0 Å². The third-order valence-corrected chi connectivity index (χ3v) is 20.3. The molecule has 0 radical (unpaired) electrons. The fourth-order valence-electron chi connectivity index (χ4n) is 11.9. The molecule has 0 fully saturated rings. The molecule has 0 aromatic carbocycles. The fourth-order valence-corrected chi connectivity index (χ4v) is 13.5. The number of rotatable bonds is 80.